The molecular weight excluding hydrogens is 310 g/mol. The Morgan fingerprint density at radius 1 is 1.00 bits per heavy atom. The zero-order valence-electron chi connectivity index (χ0n) is 13.4. The molecule has 7 nitrogen and oxygen atoms in total. The number of nitrogens with two attached hydrogens (primary N) is 1. The molecule has 0 aliphatic carbocycles. The Balaban J connectivity index is 1.72. The smallest absolute Gasteiger partial charge is 0.229 e. The molecule has 120 valence electrons. The van der Waals surface area contributed by atoms with E-state index in [0.717, 1.165) is 17.1 Å². The minimum Gasteiger partial charge on any atom is -0.368 e. The molecule has 0 amide bonds. The molecule has 0 aliphatic heterocycles. The van der Waals surface area contributed by atoms with Crippen LogP contribution in [0.3, 0.4) is 0 Å². The van der Waals surface area contributed by atoms with Crippen molar-refractivity contribution in [3.63, 3.8) is 0 Å². The molecule has 0 unspecified atom stereocenters. The largest absolute Gasteiger partial charge is 0.368 e. The van der Waals surface area contributed by atoms with Crippen molar-refractivity contribution in [1.82, 2.24) is 24.8 Å². The fourth-order valence-electron chi connectivity index (χ4n) is 2.21. The minimum absolute atomic E-state index is 0.243. The summed E-state index contributed by atoms with van der Waals surface area (Å²) in [7, 11) is 5.77. The third-order valence-corrected chi connectivity index (χ3v) is 4.26. The lowest BCUT2D eigenvalue weighted by molar-refractivity contribution is 0.310. The van der Waals surface area contributed by atoms with Gasteiger partial charge in [-0.3, -0.25) is 4.90 Å². The molecule has 23 heavy (non-hydrogen) atoms. The van der Waals surface area contributed by atoms with E-state index in [0.29, 0.717) is 18.3 Å². The first-order valence-corrected chi connectivity index (χ1v) is 8.03. The predicted octanol–water partition coefficient (Wildman–Crippen LogP) is 1.76. The summed E-state index contributed by atoms with van der Waals surface area (Å²) in [5.74, 6) is 1.47. The van der Waals surface area contributed by atoms with E-state index >= 15 is 0 Å². The normalized spacial score (nSPS) is 11.3. The van der Waals surface area contributed by atoms with Crippen LogP contribution >= 0.6 is 11.3 Å². The summed E-state index contributed by atoms with van der Waals surface area (Å²) in [4.78, 5) is 21.3. The van der Waals surface area contributed by atoms with E-state index in [1.165, 1.54) is 4.70 Å². The van der Waals surface area contributed by atoms with Gasteiger partial charge in [-0.1, -0.05) is 12.1 Å². The highest BCUT2D eigenvalue weighted by Gasteiger charge is 2.11. The molecule has 0 spiro atoms. The molecule has 0 saturated carbocycles. The van der Waals surface area contributed by atoms with Crippen molar-refractivity contribution in [2.24, 2.45) is 0 Å². The first-order chi connectivity index (χ1) is 11.0. The van der Waals surface area contributed by atoms with Crippen LogP contribution in [0.5, 0.6) is 0 Å². The Morgan fingerprint density at radius 2 is 1.78 bits per heavy atom. The maximum Gasteiger partial charge on any atom is 0.229 e. The molecule has 0 fully saturated rings. The average Bonchev–Trinajstić information content (AvgIpc) is 2.88. The molecule has 0 aliphatic rings. The van der Waals surface area contributed by atoms with Crippen molar-refractivity contribution in [3.05, 3.63) is 35.1 Å². The van der Waals surface area contributed by atoms with Gasteiger partial charge < -0.3 is 10.6 Å². The minimum atomic E-state index is 0.243. The molecule has 8 heteroatoms. The molecule has 0 radical (unpaired) electrons. The Hall–Kier alpha value is -2.32. The maximum atomic E-state index is 5.76. The molecule has 3 aromatic rings. The summed E-state index contributed by atoms with van der Waals surface area (Å²) < 4.78 is 1.20. The van der Waals surface area contributed by atoms with Crippen LogP contribution in [-0.4, -0.2) is 46.0 Å². The van der Waals surface area contributed by atoms with Crippen molar-refractivity contribution < 1.29 is 0 Å². The standard InChI is InChI=1S/C15H19N7S/c1-21(2)15-19-12(18-14(16)20-15)8-22(3)9-13-17-10-6-4-5-7-11(10)23-13/h4-7H,8-9H2,1-3H3,(H2,16,18,19,20). The average molecular weight is 329 g/mol. The lowest BCUT2D eigenvalue weighted by Gasteiger charge is -2.16. The molecule has 2 aromatic heterocycles. The highest BCUT2D eigenvalue weighted by Crippen LogP contribution is 2.22. The van der Waals surface area contributed by atoms with Gasteiger partial charge in [-0.15, -0.1) is 11.3 Å². The third kappa shape index (κ3) is 3.72. The highest BCUT2D eigenvalue weighted by atomic mass is 32.1. The summed E-state index contributed by atoms with van der Waals surface area (Å²) in [5.41, 5.74) is 6.80. The van der Waals surface area contributed by atoms with Crippen molar-refractivity contribution in [1.29, 1.82) is 0 Å². The van der Waals surface area contributed by atoms with E-state index in [4.69, 9.17) is 5.73 Å². The number of rotatable bonds is 5. The summed E-state index contributed by atoms with van der Waals surface area (Å²) in [6.45, 7) is 1.33. The van der Waals surface area contributed by atoms with Crippen LogP contribution < -0.4 is 10.6 Å². The fraction of sp³-hybridized carbons (Fsp3) is 0.333. The molecule has 2 heterocycles. The Kier molecular flexibility index (Phi) is 4.35. The van der Waals surface area contributed by atoms with Crippen LogP contribution in [0.4, 0.5) is 11.9 Å². The topological polar surface area (TPSA) is 84.1 Å². The zero-order chi connectivity index (χ0) is 16.4. The first kappa shape index (κ1) is 15.6. The van der Waals surface area contributed by atoms with Crippen molar-refractivity contribution >= 4 is 33.5 Å². The van der Waals surface area contributed by atoms with Gasteiger partial charge >= 0.3 is 0 Å². The van der Waals surface area contributed by atoms with Gasteiger partial charge in [-0.25, -0.2) is 4.98 Å². The Morgan fingerprint density at radius 3 is 2.52 bits per heavy atom. The molecule has 0 saturated heterocycles. The number of nitrogens with zero attached hydrogens (tertiary/aromatic N) is 6. The fourth-order valence-corrected chi connectivity index (χ4v) is 3.26. The van der Waals surface area contributed by atoms with Gasteiger partial charge in [-0.05, 0) is 19.2 Å². The van der Waals surface area contributed by atoms with E-state index in [-0.39, 0.29) is 5.95 Å². The summed E-state index contributed by atoms with van der Waals surface area (Å²) in [6, 6.07) is 8.16. The number of anilines is 2. The third-order valence-electron chi connectivity index (χ3n) is 3.24. The molecule has 0 bridgehead atoms. The number of nitrogen functional groups attached to an aromatic ring is 1. The van der Waals surface area contributed by atoms with E-state index in [2.05, 4.69) is 30.9 Å². The number of thiazole rings is 1. The first-order valence-electron chi connectivity index (χ1n) is 7.22. The lowest BCUT2D eigenvalue weighted by atomic mass is 10.3. The van der Waals surface area contributed by atoms with Gasteiger partial charge in [0.05, 0.1) is 23.3 Å². The van der Waals surface area contributed by atoms with Crippen LogP contribution in [0.25, 0.3) is 10.2 Å². The van der Waals surface area contributed by atoms with Crippen LogP contribution in [0.2, 0.25) is 0 Å². The maximum absolute atomic E-state index is 5.76. The summed E-state index contributed by atoms with van der Waals surface area (Å²) >= 11 is 1.71. The lowest BCUT2D eigenvalue weighted by Crippen LogP contribution is -2.21. The Bertz CT molecular complexity index is 781. The van der Waals surface area contributed by atoms with Gasteiger partial charge in [0.2, 0.25) is 11.9 Å². The van der Waals surface area contributed by atoms with Crippen LogP contribution in [0, 0.1) is 0 Å². The predicted molar refractivity (Wildman–Crippen MR) is 93.4 cm³/mol. The van der Waals surface area contributed by atoms with E-state index in [1.807, 2.05) is 44.2 Å². The van der Waals surface area contributed by atoms with Crippen LogP contribution in [0.1, 0.15) is 10.8 Å². The molecule has 0 atom stereocenters. The van der Waals surface area contributed by atoms with Crippen molar-refractivity contribution in [3.8, 4) is 0 Å². The summed E-state index contributed by atoms with van der Waals surface area (Å²) in [6.07, 6.45) is 0. The van der Waals surface area contributed by atoms with Crippen molar-refractivity contribution in [2.75, 3.05) is 31.8 Å². The SMILES string of the molecule is CN(Cc1nc(N)nc(N(C)C)n1)Cc1nc2ccccc2s1. The van der Waals surface area contributed by atoms with Crippen molar-refractivity contribution in [2.45, 2.75) is 13.1 Å². The second kappa shape index (κ2) is 6.43. The molecule has 2 N–H and O–H groups in total. The van der Waals surface area contributed by atoms with Gasteiger partial charge in [0.25, 0.3) is 0 Å². The number of aromatic nitrogens is 4. The van der Waals surface area contributed by atoms with Gasteiger partial charge in [0, 0.05) is 14.1 Å². The quantitative estimate of drug-likeness (QED) is 0.763. The van der Waals surface area contributed by atoms with E-state index in [1.54, 1.807) is 11.3 Å². The highest BCUT2D eigenvalue weighted by molar-refractivity contribution is 7.18. The van der Waals surface area contributed by atoms with Crippen LogP contribution in [-0.2, 0) is 13.1 Å². The zero-order valence-corrected chi connectivity index (χ0v) is 14.2. The number of para-hydroxylation sites is 1. The number of hydrogen-bond acceptors (Lipinski definition) is 8. The molecule has 3 rings (SSSR count). The van der Waals surface area contributed by atoms with Crippen LogP contribution in [0.15, 0.2) is 24.3 Å². The second-order valence-electron chi connectivity index (χ2n) is 5.55. The number of fused-ring (bicyclic) bond motifs is 1. The monoisotopic (exact) mass is 329 g/mol. The number of benzene rings is 1. The Labute approximate surface area is 138 Å². The molecular formula is C15H19N7S. The van der Waals surface area contributed by atoms with E-state index < -0.39 is 0 Å². The number of hydrogen-bond donors (Lipinski definition) is 1. The molecule has 1 aromatic carbocycles. The van der Waals surface area contributed by atoms with E-state index in [9.17, 15) is 0 Å². The second-order valence-corrected chi connectivity index (χ2v) is 6.67. The van der Waals surface area contributed by atoms with Gasteiger partial charge in [0.15, 0.2) is 0 Å². The van der Waals surface area contributed by atoms with Gasteiger partial charge in [-0.2, -0.15) is 15.0 Å². The summed E-state index contributed by atoms with van der Waals surface area (Å²) in [5, 5.41) is 1.07. The van der Waals surface area contributed by atoms with Gasteiger partial charge in [0.1, 0.15) is 10.8 Å².